The van der Waals surface area contributed by atoms with Crippen molar-refractivity contribution >= 4 is 6.09 Å². The maximum atomic E-state index is 12.3. The maximum Gasteiger partial charge on any atom is 0.410 e. The van der Waals surface area contributed by atoms with E-state index in [4.69, 9.17) is 9.47 Å². The molecule has 0 bridgehead atoms. The summed E-state index contributed by atoms with van der Waals surface area (Å²) in [7, 11) is 0. The van der Waals surface area contributed by atoms with E-state index in [1.165, 1.54) is 0 Å². The molecule has 0 aromatic carbocycles. The second kappa shape index (κ2) is 8.53. The highest BCUT2D eigenvalue weighted by molar-refractivity contribution is 5.68. The van der Waals surface area contributed by atoms with Crippen molar-refractivity contribution in [2.24, 2.45) is 0 Å². The molecule has 1 aliphatic heterocycles. The summed E-state index contributed by atoms with van der Waals surface area (Å²) in [6.45, 7) is 15.5. The van der Waals surface area contributed by atoms with Crippen LogP contribution in [0.4, 0.5) is 4.79 Å². The molecule has 1 aliphatic rings. The molecule has 0 aliphatic carbocycles. The molecule has 22 heavy (non-hydrogen) atoms. The van der Waals surface area contributed by atoms with E-state index < -0.39 is 5.60 Å². The van der Waals surface area contributed by atoms with Crippen LogP contribution in [0.1, 0.15) is 47.5 Å². The first-order valence-corrected chi connectivity index (χ1v) is 8.17. The summed E-state index contributed by atoms with van der Waals surface area (Å²) in [5, 5.41) is 3.53. The monoisotopic (exact) mass is 312 g/mol. The third kappa shape index (κ3) is 6.79. The van der Waals surface area contributed by atoms with Gasteiger partial charge in [-0.05, 0) is 47.5 Å². The van der Waals surface area contributed by atoms with Crippen molar-refractivity contribution in [1.29, 1.82) is 0 Å². The molecule has 0 aromatic heterocycles. The van der Waals surface area contributed by atoms with Gasteiger partial charge in [-0.25, -0.2) is 4.79 Å². The van der Waals surface area contributed by atoms with Gasteiger partial charge in [0.1, 0.15) is 5.60 Å². The lowest BCUT2D eigenvalue weighted by Gasteiger charge is -2.38. The van der Waals surface area contributed by atoms with Crippen LogP contribution in [-0.4, -0.2) is 54.5 Å². The Morgan fingerprint density at radius 2 is 2.14 bits per heavy atom. The number of amides is 1. The lowest BCUT2D eigenvalue weighted by atomic mass is 10.1. The van der Waals surface area contributed by atoms with Crippen molar-refractivity contribution in [3.8, 4) is 0 Å². The first-order chi connectivity index (χ1) is 10.2. The van der Waals surface area contributed by atoms with E-state index in [0.717, 1.165) is 12.8 Å². The Balaban J connectivity index is 2.57. The number of ether oxygens (including phenoxy) is 2. The van der Waals surface area contributed by atoms with Crippen LogP contribution in [0.5, 0.6) is 0 Å². The lowest BCUT2D eigenvalue weighted by molar-refractivity contribution is -0.0357. The van der Waals surface area contributed by atoms with Gasteiger partial charge in [0.15, 0.2) is 0 Å². The quantitative estimate of drug-likeness (QED) is 0.766. The molecule has 1 fully saturated rings. The molecule has 3 unspecified atom stereocenters. The largest absolute Gasteiger partial charge is 0.444 e. The molecule has 0 saturated carbocycles. The lowest BCUT2D eigenvalue weighted by Crippen LogP contribution is -2.52. The minimum absolute atomic E-state index is 0.0574. The van der Waals surface area contributed by atoms with Crippen molar-refractivity contribution in [2.45, 2.75) is 71.2 Å². The number of carbonyl (C=O) groups is 1. The number of hydrogen-bond donors (Lipinski definition) is 1. The zero-order valence-electron chi connectivity index (χ0n) is 14.7. The van der Waals surface area contributed by atoms with Crippen LogP contribution in [0.15, 0.2) is 12.7 Å². The second-order valence-corrected chi connectivity index (χ2v) is 7.13. The molecule has 1 rings (SSSR count). The minimum atomic E-state index is -0.470. The molecule has 1 heterocycles. The van der Waals surface area contributed by atoms with Crippen LogP contribution in [0.25, 0.3) is 0 Å². The van der Waals surface area contributed by atoms with Crippen molar-refractivity contribution in [3.63, 3.8) is 0 Å². The molecule has 0 spiro atoms. The fourth-order valence-electron chi connectivity index (χ4n) is 2.69. The highest BCUT2D eigenvalue weighted by Gasteiger charge is 2.31. The van der Waals surface area contributed by atoms with Gasteiger partial charge in [-0.2, -0.15) is 0 Å². The third-order valence-electron chi connectivity index (χ3n) is 3.57. The van der Waals surface area contributed by atoms with Gasteiger partial charge >= 0.3 is 6.09 Å². The average Bonchev–Trinajstić information content (AvgIpc) is 2.37. The summed E-state index contributed by atoms with van der Waals surface area (Å²) in [4.78, 5) is 14.2. The van der Waals surface area contributed by atoms with E-state index in [0.29, 0.717) is 31.8 Å². The van der Waals surface area contributed by atoms with Crippen LogP contribution in [0.3, 0.4) is 0 Å². The molecule has 5 nitrogen and oxygen atoms in total. The average molecular weight is 312 g/mol. The Kier molecular flexibility index (Phi) is 7.36. The normalized spacial score (nSPS) is 22.0. The molecule has 1 saturated heterocycles. The summed E-state index contributed by atoms with van der Waals surface area (Å²) >= 11 is 0. The number of morpholine rings is 1. The summed E-state index contributed by atoms with van der Waals surface area (Å²) in [5.74, 6) is 0. The van der Waals surface area contributed by atoms with Gasteiger partial charge in [-0.1, -0.05) is 6.08 Å². The number of nitrogens with zero attached hydrogens (tertiary/aromatic N) is 1. The van der Waals surface area contributed by atoms with Gasteiger partial charge in [-0.15, -0.1) is 6.58 Å². The van der Waals surface area contributed by atoms with Crippen LogP contribution in [0, 0.1) is 0 Å². The first-order valence-electron chi connectivity index (χ1n) is 8.17. The van der Waals surface area contributed by atoms with Gasteiger partial charge in [-0.3, -0.25) is 0 Å². The SMILES string of the molecule is C=CCC(C)NC(C)CC1COCCN1C(=O)OC(C)(C)C. The van der Waals surface area contributed by atoms with E-state index in [1.807, 2.05) is 31.7 Å². The standard InChI is InChI=1S/C17H32N2O3/c1-7-8-13(2)18-14(3)11-15-12-21-10-9-19(15)16(20)22-17(4,5)6/h7,13-15,18H,1,8-12H2,2-6H3. The van der Waals surface area contributed by atoms with Gasteiger partial charge < -0.3 is 19.7 Å². The van der Waals surface area contributed by atoms with Gasteiger partial charge in [0.05, 0.1) is 19.3 Å². The molecular weight excluding hydrogens is 280 g/mol. The summed E-state index contributed by atoms with van der Waals surface area (Å²) in [6.07, 6.45) is 3.45. The Morgan fingerprint density at radius 3 is 2.73 bits per heavy atom. The topological polar surface area (TPSA) is 50.8 Å². The van der Waals surface area contributed by atoms with E-state index >= 15 is 0 Å². The van der Waals surface area contributed by atoms with Crippen LogP contribution in [0.2, 0.25) is 0 Å². The van der Waals surface area contributed by atoms with Crippen molar-refractivity contribution in [2.75, 3.05) is 19.8 Å². The maximum absolute atomic E-state index is 12.3. The van der Waals surface area contributed by atoms with Crippen LogP contribution in [-0.2, 0) is 9.47 Å². The fraction of sp³-hybridized carbons (Fsp3) is 0.824. The van der Waals surface area contributed by atoms with Gasteiger partial charge in [0.25, 0.3) is 0 Å². The highest BCUT2D eigenvalue weighted by atomic mass is 16.6. The number of carbonyl (C=O) groups excluding carboxylic acids is 1. The smallest absolute Gasteiger partial charge is 0.410 e. The molecule has 0 aromatic rings. The minimum Gasteiger partial charge on any atom is -0.444 e. The molecule has 5 heteroatoms. The highest BCUT2D eigenvalue weighted by Crippen LogP contribution is 2.17. The summed E-state index contributed by atoms with van der Waals surface area (Å²) < 4.78 is 11.1. The summed E-state index contributed by atoms with van der Waals surface area (Å²) in [6, 6.07) is 0.737. The third-order valence-corrected chi connectivity index (χ3v) is 3.57. The fourth-order valence-corrected chi connectivity index (χ4v) is 2.69. The van der Waals surface area contributed by atoms with Crippen molar-refractivity contribution < 1.29 is 14.3 Å². The van der Waals surface area contributed by atoms with E-state index in [9.17, 15) is 4.79 Å². The van der Waals surface area contributed by atoms with Crippen molar-refractivity contribution in [1.82, 2.24) is 10.2 Å². The molecular formula is C17H32N2O3. The first kappa shape index (κ1) is 19.0. The molecule has 1 amide bonds. The van der Waals surface area contributed by atoms with Crippen molar-refractivity contribution in [3.05, 3.63) is 12.7 Å². The van der Waals surface area contributed by atoms with Crippen LogP contribution < -0.4 is 5.32 Å². The van der Waals surface area contributed by atoms with E-state index in [-0.39, 0.29) is 12.1 Å². The molecule has 3 atom stereocenters. The number of nitrogens with one attached hydrogen (secondary N) is 1. The number of rotatable bonds is 6. The second-order valence-electron chi connectivity index (χ2n) is 7.13. The predicted molar refractivity (Wildman–Crippen MR) is 89.0 cm³/mol. The van der Waals surface area contributed by atoms with E-state index in [1.54, 1.807) is 0 Å². The van der Waals surface area contributed by atoms with Gasteiger partial charge in [0.2, 0.25) is 0 Å². The Hall–Kier alpha value is -1.07. The Bertz CT molecular complexity index is 365. The summed E-state index contributed by atoms with van der Waals surface area (Å²) in [5.41, 5.74) is -0.470. The molecule has 1 N–H and O–H groups in total. The predicted octanol–water partition coefficient (Wildman–Crippen LogP) is 2.96. The molecule has 128 valence electrons. The molecule has 0 radical (unpaired) electrons. The van der Waals surface area contributed by atoms with E-state index in [2.05, 4.69) is 25.7 Å². The zero-order valence-corrected chi connectivity index (χ0v) is 14.7. The Morgan fingerprint density at radius 1 is 1.45 bits per heavy atom. The van der Waals surface area contributed by atoms with Gasteiger partial charge in [0, 0.05) is 18.6 Å². The van der Waals surface area contributed by atoms with Crippen LogP contribution >= 0.6 is 0 Å². The Labute approximate surface area is 135 Å². The number of hydrogen-bond acceptors (Lipinski definition) is 4. The zero-order chi connectivity index (χ0) is 16.8.